The lowest BCUT2D eigenvalue weighted by atomic mass is 10.0. The summed E-state index contributed by atoms with van der Waals surface area (Å²) in [5.74, 6) is 0.442. The largest absolute Gasteiger partial charge is 0.469 e. The molecule has 1 aromatic rings. The minimum absolute atomic E-state index is 0.0323. The number of nitrogens with one attached hydrogen (secondary N) is 1. The molecule has 0 saturated heterocycles. The van der Waals surface area contributed by atoms with E-state index in [-0.39, 0.29) is 30.8 Å². The maximum absolute atomic E-state index is 11.9. The van der Waals surface area contributed by atoms with Crippen molar-refractivity contribution in [1.82, 2.24) is 5.32 Å². The molecular weight excluding hydrogens is 298 g/mol. The third-order valence-corrected chi connectivity index (χ3v) is 4.49. The van der Waals surface area contributed by atoms with E-state index in [0.29, 0.717) is 5.02 Å². The van der Waals surface area contributed by atoms with Crippen molar-refractivity contribution in [2.45, 2.75) is 30.2 Å². The molecule has 108 valence electrons. The van der Waals surface area contributed by atoms with Gasteiger partial charge in [0.2, 0.25) is 5.91 Å². The van der Waals surface area contributed by atoms with Gasteiger partial charge in [-0.25, -0.2) is 0 Å². The van der Waals surface area contributed by atoms with Crippen LogP contribution in [0.25, 0.3) is 0 Å². The zero-order valence-electron chi connectivity index (χ0n) is 11.1. The molecule has 1 heterocycles. The Morgan fingerprint density at radius 3 is 3.00 bits per heavy atom. The van der Waals surface area contributed by atoms with E-state index in [9.17, 15) is 9.59 Å². The summed E-state index contributed by atoms with van der Waals surface area (Å²) in [5.41, 5.74) is 1.06. The van der Waals surface area contributed by atoms with Crippen LogP contribution in [-0.2, 0) is 14.3 Å². The first-order chi connectivity index (χ1) is 9.60. The first kappa shape index (κ1) is 15.2. The molecule has 1 N–H and O–H groups in total. The Kier molecular flexibility index (Phi) is 5.31. The summed E-state index contributed by atoms with van der Waals surface area (Å²) < 4.78 is 4.52. The summed E-state index contributed by atoms with van der Waals surface area (Å²) in [7, 11) is 1.32. The SMILES string of the molecule is COC(=O)CCC(=O)N[C@@H]1CCSc2ccc(Cl)cc21. The molecule has 4 nitrogen and oxygen atoms in total. The van der Waals surface area contributed by atoms with Crippen LogP contribution in [0.1, 0.15) is 30.9 Å². The summed E-state index contributed by atoms with van der Waals surface area (Å²) in [6.45, 7) is 0. The molecule has 0 spiro atoms. The number of amides is 1. The van der Waals surface area contributed by atoms with Gasteiger partial charge in [-0.3, -0.25) is 9.59 Å². The van der Waals surface area contributed by atoms with Crippen molar-refractivity contribution in [3.05, 3.63) is 28.8 Å². The highest BCUT2D eigenvalue weighted by Gasteiger charge is 2.22. The molecule has 0 aliphatic carbocycles. The Labute approximate surface area is 127 Å². The van der Waals surface area contributed by atoms with Crippen LogP contribution in [0.5, 0.6) is 0 Å². The quantitative estimate of drug-likeness (QED) is 0.868. The van der Waals surface area contributed by atoms with Gasteiger partial charge in [-0.2, -0.15) is 0 Å². The van der Waals surface area contributed by atoms with Gasteiger partial charge in [0.25, 0.3) is 0 Å². The van der Waals surface area contributed by atoms with Crippen molar-refractivity contribution < 1.29 is 14.3 Å². The van der Waals surface area contributed by atoms with Gasteiger partial charge in [0, 0.05) is 22.1 Å². The smallest absolute Gasteiger partial charge is 0.306 e. The minimum atomic E-state index is -0.372. The summed E-state index contributed by atoms with van der Waals surface area (Å²) in [4.78, 5) is 24.0. The maximum Gasteiger partial charge on any atom is 0.306 e. The molecule has 0 bridgehead atoms. The van der Waals surface area contributed by atoms with Gasteiger partial charge in [0.15, 0.2) is 0 Å². The van der Waals surface area contributed by atoms with Crippen molar-refractivity contribution in [3.8, 4) is 0 Å². The van der Waals surface area contributed by atoms with Crippen LogP contribution in [0, 0.1) is 0 Å². The summed E-state index contributed by atoms with van der Waals surface area (Å²) in [6, 6.07) is 5.70. The van der Waals surface area contributed by atoms with Crippen LogP contribution >= 0.6 is 23.4 Å². The highest BCUT2D eigenvalue weighted by Crippen LogP contribution is 2.37. The van der Waals surface area contributed by atoms with E-state index in [1.54, 1.807) is 11.8 Å². The minimum Gasteiger partial charge on any atom is -0.469 e. The molecule has 6 heteroatoms. The summed E-state index contributed by atoms with van der Waals surface area (Å²) in [6.07, 6.45) is 1.11. The second-order valence-electron chi connectivity index (χ2n) is 4.52. The summed E-state index contributed by atoms with van der Waals surface area (Å²) >= 11 is 7.78. The Morgan fingerprint density at radius 2 is 2.25 bits per heavy atom. The highest BCUT2D eigenvalue weighted by molar-refractivity contribution is 7.99. The average molecular weight is 314 g/mol. The van der Waals surface area contributed by atoms with Crippen molar-refractivity contribution in [3.63, 3.8) is 0 Å². The topological polar surface area (TPSA) is 55.4 Å². The van der Waals surface area contributed by atoms with Gasteiger partial charge in [-0.1, -0.05) is 11.6 Å². The van der Waals surface area contributed by atoms with Crippen molar-refractivity contribution in [2.75, 3.05) is 12.9 Å². The number of thioether (sulfide) groups is 1. The molecule has 1 aromatic carbocycles. The highest BCUT2D eigenvalue weighted by atomic mass is 35.5. The van der Waals surface area contributed by atoms with Crippen molar-refractivity contribution >= 4 is 35.2 Å². The first-order valence-corrected chi connectivity index (χ1v) is 7.75. The lowest BCUT2D eigenvalue weighted by Gasteiger charge is -2.26. The van der Waals surface area contributed by atoms with Gasteiger partial charge < -0.3 is 10.1 Å². The number of halogens is 1. The maximum atomic E-state index is 11.9. The van der Waals surface area contributed by atoms with E-state index in [4.69, 9.17) is 11.6 Å². The number of hydrogen-bond acceptors (Lipinski definition) is 4. The first-order valence-electron chi connectivity index (χ1n) is 6.38. The van der Waals surface area contributed by atoms with E-state index in [2.05, 4.69) is 10.1 Å². The molecule has 1 atom stereocenters. The van der Waals surface area contributed by atoms with E-state index in [1.165, 1.54) is 7.11 Å². The van der Waals surface area contributed by atoms with Crippen LogP contribution in [0.2, 0.25) is 5.02 Å². The fourth-order valence-corrected chi connectivity index (χ4v) is 3.39. The van der Waals surface area contributed by atoms with E-state index < -0.39 is 0 Å². The molecular formula is C14H16ClNO3S. The van der Waals surface area contributed by atoms with E-state index in [1.807, 2.05) is 18.2 Å². The number of benzene rings is 1. The molecule has 1 aliphatic heterocycles. The number of carbonyl (C=O) groups excluding carboxylic acids is 2. The fraction of sp³-hybridized carbons (Fsp3) is 0.429. The predicted octanol–water partition coefficient (Wildman–Crippen LogP) is 2.95. The van der Waals surface area contributed by atoms with Crippen LogP contribution in [0.15, 0.2) is 23.1 Å². The number of ether oxygens (including phenoxy) is 1. The van der Waals surface area contributed by atoms with Gasteiger partial charge in [-0.05, 0) is 30.2 Å². The molecule has 1 aliphatic rings. The fourth-order valence-electron chi connectivity index (χ4n) is 2.10. The zero-order chi connectivity index (χ0) is 14.5. The van der Waals surface area contributed by atoms with E-state index >= 15 is 0 Å². The van der Waals surface area contributed by atoms with Crippen molar-refractivity contribution in [1.29, 1.82) is 0 Å². The van der Waals surface area contributed by atoms with Gasteiger partial charge in [0.1, 0.15) is 0 Å². The molecule has 0 fully saturated rings. The monoisotopic (exact) mass is 313 g/mol. The molecule has 2 rings (SSSR count). The van der Waals surface area contributed by atoms with Crippen LogP contribution < -0.4 is 5.32 Å². The Hall–Kier alpha value is -1.20. The number of fused-ring (bicyclic) bond motifs is 1. The third-order valence-electron chi connectivity index (χ3n) is 3.13. The van der Waals surface area contributed by atoms with Crippen LogP contribution in [0.4, 0.5) is 0 Å². The number of methoxy groups -OCH3 is 1. The molecule has 0 unspecified atom stereocenters. The Bertz CT molecular complexity index is 521. The van der Waals surface area contributed by atoms with E-state index in [0.717, 1.165) is 22.6 Å². The standard InChI is InChI=1S/C14H16ClNO3S/c1-19-14(18)5-4-13(17)16-11-6-7-20-12-3-2-9(15)8-10(11)12/h2-3,8,11H,4-7H2,1H3,(H,16,17)/t11-/m1/s1. The van der Waals surface area contributed by atoms with Crippen LogP contribution in [-0.4, -0.2) is 24.7 Å². The molecule has 0 saturated carbocycles. The molecule has 0 radical (unpaired) electrons. The van der Waals surface area contributed by atoms with Gasteiger partial charge in [-0.15, -0.1) is 11.8 Å². The van der Waals surface area contributed by atoms with Gasteiger partial charge in [0.05, 0.1) is 19.6 Å². The zero-order valence-corrected chi connectivity index (χ0v) is 12.7. The number of carbonyl (C=O) groups is 2. The van der Waals surface area contributed by atoms with Crippen molar-refractivity contribution in [2.24, 2.45) is 0 Å². The second-order valence-corrected chi connectivity index (χ2v) is 6.09. The Balaban J connectivity index is 1.99. The molecule has 1 amide bonds. The lowest BCUT2D eigenvalue weighted by molar-refractivity contribution is -0.142. The summed E-state index contributed by atoms with van der Waals surface area (Å²) in [5, 5.41) is 3.63. The molecule has 0 aromatic heterocycles. The Morgan fingerprint density at radius 1 is 1.45 bits per heavy atom. The predicted molar refractivity (Wildman–Crippen MR) is 78.9 cm³/mol. The number of hydrogen-bond donors (Lipinski definition) is 1. The average Bonchev–Trinajstić information content (AvgIpc) is 2.45. The van der Waals surface area contributed by atoms with Gasteiger partial charge >= 0.3 is 5.97 Å². The molecule has 20 heavy (non-hydrogen) atoms. The number of rotatable bonds is 4. The lowest BCUT2D eigenvalue weighted by Crippen LogP contribution is -2.30. The normalized spacial score (nSPS) is 17.2. The second kappa shape index (κ2) is 6.99. The van der Waals surface area contributed by atoms with Crippen LogP contribution in [0.3, 0.4) is 0 Å². The third kappa shape index (κ3) is 3.90. The number of esters is 1.